The number of allylic oxidation sites excluding steroid dienone is 1. The van der Waals surface area contributed by atoms with E-state index in [-0.39, 0.29) is 22.5 Å². The molecule has 23 heavy (non-hydrogen) atoms. The number of hydrogen-bond acceptors (Lipinski definition) is 3. The van der Waals surface area contributed by atoms with Crippen LogP contribution in [0.4, 0.5) is 4.39 Å². The summed E-state index contributed by atoms with van der Waals surface area (Å²) < 4.78 is 13.9. The molecule has 5 heteroatoms. The predicted molar refractivity (Wildman–Crippen MR) is 88.4 cm³/mol. The van der Waals surface area contributed by atoms with Gasteiger partial charge >= 0.3 is 0 Å². The number of ketones is 2. The van der Waals surface area contributed by atoms with Crippen LogP contribution in [0.2, 0.25) is 5.02 Å². The van der Waals surface area contributed by atoms with Gasteiger partial charge in [0, 0.05) is 42.5 Å². The minimum Gasteiger partial charge on any atom is -0.383 e. The van der Waals surface area contributed by atoms with Crippen LogP contribution in [0.3, 0.4) is 0 Å². The maximum atomic E-state index is 13.9. The second-order valence-electron chi connectivity index (χ2n) is 5.14. The minimum absolute atomic E-state index is 0.0796. The van der Waals surface area contributed by atoms with Gasteiger partial charge in [0.2, 0.25) is 0 Å². The number of rotatable bonds is 5. The molecule has 0 N–H and O–H groups in total. The van der Waals surface area contributed by atoms with Gasteiger partial charge in [0.05, 0.1) is 5.56 Å². The van der Waals surface area contributed by atoms with Gasteiger partial charge in [-0.3, -0.25) is 9.59 Å². The van der Waals surface area contributed by atoms with Gasteiger partial charge in [0.1, 0.15) is 5.82 Å². The molecule has 118 valence electrons. The van der Waals surface area contributed by atoms with Gasteiger partial charge < -0.3 is 4.90 Å². The molecule has 2 rings (SSSR count). The highest BCUT2D eigenvalue weighted by atomic mass is 35.5. The largest absolute Gasteiger partial charge is 0.383 e. The Labute approximate surface area is 139 Å². The molecular formula is C18H15ClFNO2. The van der Waals surface area contributed by atoms with Crippen molar-refractivity contribution >= 4 is 23.2 Å². The van der Waals surface area contributed by atoms with Gasteiger partial charge in [0.25, 0.3) is 0 Å². The summed E-state index contributed by atoms with van der Waals surface area (Å²) in [4.78, 5) is 26.6. The number of carbonyl (C=O) groups is 2. The molecule has 0 aliphatic heterocycles. The summed E-state index contributed by atoms with van der Waals surface area (Å²) in [5.41, 5.74) is 0.164. The summed E-state index contributed by atoms with van der Waals surface area (Å²) in [7, 11) is 3.55. The second-order valence-corrected chi connectivity index (χ2v) is 5.58. The molecule has 2 aromatic carbocycles. The summed E-state index contributed by atoms with van der Waals surface area (Å²) in [6.45, 7) is 0. The molecule has 0 radical (unpaired) electrons. The van der Waals surface area contributed by atoms with Gasteiger partial charge in [-0.2, -0.15) is 0 Å². The van der Waals surface area contributed by atoms with Crippen molar-refractivity contribution in [1.82, 2.24) is 4.90 Å². The molecule has 0 bridgehead atoms. The quantitative estimate of drug-likeness (QED) is 0.614. The zero-order valence-electron chi connectivity index (χ0n) is 12.7. The van der Waals surface area contributed by atoms with Crippen LogP contribution >= 0.6 is 11.6 Å². The van der Waals surface area contributed by atoms with Crippen LogP contribution in [0.25, 0.3) is 0 Å². The lowest BCUT2D eigenvalue weighted by atomic mass is 9.95. The molecule has 0 aliphatic rings. The van der Waals surface area contributed by atoms with Crippen molar-refractivity contribution in [2.45, 2.75) is 0 Å². The lowest BCUT2D eigenvalue weighted by Gasteiger charge is -2.09. The Morgan fingerprint density at radius 2 is 1.74 bits per heavy atom. The van der Waals surface area contributed by atoms with Crippen LogP contribution in [0, 0.1) is 5.82 Å². The van der Waals surface area contributed by atoms with E-state index in [1.807, 2.05) is 0 Å². The van der Waals surface area contributed by atoms with Gasteiger partial charge in [-0.05, 0) is 30.3 Å². The standard InChI is InChI=1S/C18H15ClFNO2/c1-21(2)10-9-17(22)13-8-7-12(19)11-15(13)18(23)14-5-3-4-6-16(14)20/h3-11H,1-2H3. The highest BCUT2D eigenvalue weighted by molar-refractivity contribution is 6.31. The lowest BCUT2D eigenvalue weighted by molar-refractivity contribution is 0.100. The van der Waals surface area contributed by atoms with Crippen molar-refractivity contribution in [2.75, 3.05) is 14.1 Å². The Morgan fingerprint density at radius 3 is 2.39 bits per heavy atom. The first-order valence-corrected chi connectivity index (χ1v) is 7.25. The fourth-order valence-electron chi connectivity index (χ4n) is 2.02. The molecule has 0 aliphatic carbocycles. The fourth-order valence-corrected chi connectivity index (χ4v) is 2.19. The second kappa shape index (κ2) is 7.20. The van der Waals surface area contributed by atoms with Crippen molar-refractivity contribution in [3.63, 3.8) is 0 Å². The van der Waals surface area contributed by atoms with E-state index >= 15 is 0 Å². The zero-order valence-corrected chi connectivity index (χ0v) is 13.5. The first kappa shape index (κ1) is 16.9. The third kappa shape index (κ3) is 4.05. The smallest absolute Gasteiger partial charge is 0.196 e. The molecule has 0 saturated heterocycles. The Morgan fingerprint density at radius 1 is 1.04 bits per heavy atom. The van der Waals surface area contributed by atoms with Crippen molar-refractivity contribution in [2.24, 2.45) is 0 Å². The first-order valence-electron chi connectivity index (χ1n) is 6.88. The van der Waals surface area contributed by atoms with Crippen molar-refractivity contribution in [3.8, 4) is 0 Å². The average Bonchev–Trinajstić information content (AvgIpc) is 2.52. The molecule has 0 fully saturated rings. The molecule has 0 amide bonds. The van der Waals surface area contributed by atoms with Gasteiger partial charge in [-0.1, -0.05) is 23.7 Å². The predicted octanol–water partition coefficient (Wildman–Crippen LogP) is 3.97. The third-order valence-corrected chi connectivity index (χ3v) is 3.37. The van der Waals surface area contributed by atoms with Crippen molar-refractivity contribution < 1.29 is 14.0 Å². The summed E-state index contributed by atoms with van der Waals surface area (Å²) in [5, 5.41) is 0.304. The van der Waals surface area contributed by atoms with Crippen LogP contribution in [0.15, 0.2) is 54.7 Å². The average molecular weight is 332 g/mol. The molecule has 0 heterocycles. The molecule has 3 nitrogen and oxygen atoms in total. The summed E-state index contributed by atoms with van der Waals surface area (Å²) >= 11 is 5.94. The Balaban J connectivity index is 2.50. The molecule has 0 aromatic heterocycles. The number of nitrogens with zero attached hydrogens (tertiary/aromatic N) is 1. The topological polar surface area (TPSA) is 37.4 Å². The van der Waals surface area contributed by atoms with Gasteiger partial charge in [0.15, 0.2) is 11.6 Å². The van der Waals surface area contributed by atoms with Crippen molar-refractivity contribution in [3.05, 3.63) is 82.3 Å². The number of hydrogen-bond donors (Lipinski definition) is 0. The van der Waals surface area contributed by atoms with E-state index in [0.717, 1.165) is 0 Å². The number of carbonyl (C=O) groups excluding carboxylic acids is 2. The van der Waals surface area contributed by atoms with E-state index in [2.05, 4.69) is 0 Å². The SMILES string of the molecule is CN(C)C=CC(=O)c1ccc(Cl)cc1C(=O)c1ccccc1F. The van der Waals surface area contributed by atoms with E-state index in [0.29, 0.717) is 5.02 Å². The lowest BCUT2D eigenvalue weighted by Crippen LogP contribution is -2.11. The van der Waals surface area contributed by atoms with E-state index in [9.17, 15) is 14.0 Å². The van der Waals surface area contributed by atoms with Crippen LogP contribution in [-0.4, -0.2) is 30.6 Å². The number of benzene rings is 2. The molecular weight excluding hydrogens is 317 g/mol. The van der Waals surface area contributed by atoms with Crippen LogP contribution in [0.5, 0.6) is 0 Å². The molecule has 0 unspecified atom stereocenters. The van der Waals surface area contributed by atoms with E-state index < -0.39 is 11.6 Å². The Bertz CT molecular complexity index is 784. The summed E-state index contributed by atoms with van der Waals surface area (Å²) in [6, 6.07) is 10.0. The van der Waals surface area contributed by atoms with Crippen LogP contribution in [-0.2, 0) is 0 Å². The Kier molecular flexibility index (Phi) is 5.29. The summed E-state index contributed by atoms with van der Waals surface area (Å²) in [5.74, 6) is -1.57. The molecule has 0 spiro atoms. The highest BCUT2D eigenvalue weighted by Crippen LogP contribution is 2.22. The highest BCUT2D eigenvalue weighted by Gasteiger charge is 2.20. The molecule has 2 aromatic rings. The number of halogens is 2. The maximum absolute atomic E-state index is 13.9. The summed E-state index contributed by atoms with van der Waals surface area (Å²) in [6.07, 6.45) is 2.93. The maximum Gasteiger partial charge on any atom is 0.196 e. The van der Waals surface area contributed by atoms with Gasteiger partial charge in [-0.15, -0.1) is 0 Å². The van der Waals surface area contributed by atoms with Crippen LogP contribution < -0.4 is 0 Å². The van der Waals surface area contributed by atoms with E-state index in [4.69, 9.17) is 11.6 Å². The van der Waals surface area contributed by atoms with Crippen LogP contribution in [0.1, 0.15) is 26.3 Å². The van der Waals surface area contributed by atoms with E-state index in [1.54, 1.807) is 31.3 Å². The van der Waals surface area contributed by atoms with Gasteiger partial charge in [-0.25, -0.2) is 4.39 Å². The van der Waals surface area contributed by atoms with E-state index in [1.165, 1.54) is 42.5 Å². The first-order chi connectivity index (χ1) is 10.9. The minimum atomic E-state index is -0.639. The zero-order chi connectivity index (χ0) is 17.0. The Hall–Kier alpha value is -2.46. The molecule has 0 atom stereocenters. The molecule has 0 saturated carbocycles. The third-order valence-electron chi connectivity index (χ3n) is 3.13. The van der Waals surface area contributed by atoms with Crippen molar-refractivity contribution in [1.29, 1.82) is 0 Å². The fraction of sp³-hybridized carbons (Fsp3) is 0.111. The normalized spacial score (nSPS) is 10.8. The monoisotopic (exact) mass is 331 g/mol.